The van der Waals surface area contributed by atoms with E-state index < -0.39 is 17.5 Å². The molecule has 0 aliphatic rings. The monoisotopic (exact) mass is 258 g/mol. The zero-order valence-corrected chi connectivity index (χ0v) is 9.75. The Morgan fingerprint density at radius 3 is 2.41 bits per heavy atom. The van der Waals surface area contributed by atoms with Gasteiger partial charge in [0.1, 0.15) is 11.5 Å². The van der Waals surface area contributed by atoms with Crippen LogP contribution >= 0.6 is 11.3 Å². The number of hydrogen-bond acceptors (Lipinski definition) is 3. The van der Waals surface area contributed by atoms with Crippen LogP contribution in [-0.2, 0) is 6.54 Å². The number of thiazole rings is 1. The highest BCUT2D eigenvalue weighted by molar-refractivity contribution is 7.09. The van der Waals surface area contributed by atoms with Gasteiger partial charge >= 0.3 is 0 Å². The zero-order chi connectivity index (χ0) is 12.4. The van der Waals surface area contributed by atoms with Crippen molar-refractivity contribution in [1.29, 1.82) is 0 Å². The predicted octanol–water partition coefficient (Wildman–Crippen LogP) is 3.48. The van der Waals surface area contributed by atoms with E-state index in [1.54, 1.807) is 5.38 Å². The summed E-state index contributed by atoms with van der Waals surface area (Å²) in [5.41, 5.74) is 0.354. The third kappa shape index (κ3) is 2.76. The van der Waals surface area contributed by atoms with Gasteiger partial charge in [0.2, 0.25) is 0 Å². The van der Waals surface area contributed by atoms with Crippen LogP contribution in [0, 0.1) is 24.4 Å². The maximum atomic E-state index is 13.3. The number of rotatable bonds is 3. The van der Waals surface area contributed by atoms with Crippen LogP contribution in [0.3, 0.4) is 0 Å². The fraction of sp³-hybridized carbons (Fsp3) is 0.182. The Balaban J connectivity index is 2.14. The lowest BCUT2D eigenvalue weighted by molar-refractivity contribution is 0.547. The van der Waals surface area contributed by atoms with Gasteiger partial charge in [0.15, 0.2) is 11.6 Å². The number of nitrogens with zero attached hydrogens (tertiary/aromatic N) is 1. The molecule has 0 radical (unpaired) electrons. The molecule has 17 heavy (non-hydrogen) atoms. The molecule has 0 saturated heterocycles. The van der Waals surface area contributed by atoms with Gasteiger partial charge < -0.3 is 5.32 Å². The molecule has 0 saturated carbocycles. The summed E-state index contributed by atoms with van der Waals surface area (Å²) in [5.74, 6) is -2.83. The zero-order valence-electron chi connectivity index (χ0n) is 8.93. The lowest BCUT2D eigenvalue weighted by Crippen LogP contribution is -2.04. The van der Waals surface area contributed by atoms with Crippen molar-refractivity contribution in [2.45, 2.75) is 13.5 Å². The van der Waals surface area contributed by atoms with Crippen LogP contribution in [0.2, 0.25) is 0 Å². The molecule has 1 heterocycles. The minimum atomic E-state index is -0.950. The first kappa shape index (κ1) is 11.9. The van der Waals surface area contributed by atoms with E-state index >= 15 is 0 Å². The van der Waals surface area contributed by atoms with Crippen molar-refractivity contribution < 1.29 is 13.2 Å². The molecule has 1 aromatic heterocycles. The topological polar surface area (TPSA) is 24.9 Å². The molecule has 0 spiro atoms. The summed E-state index contributed by atoms with van der Waals surface area (Å²) in [5, 5.41) is 5.24. The second-order valence-corrected chi connectivity index (χ2v) is 4.52. The summed E-state index contributed by atoms with van der Waals surface area (Å²) in [6, 6.07) is 1.27. The SMILES string of the molecule is Cc1nc(CNc2c(F)cc(F)cc2F)cs1. The number of nitrogens with one attached hydrogen (secondary N) is 1. The molecular weight excluding hydrogens is 249 g/mol. The molecule has 0 fully saturated rings. The molecule has 0 amide bonds. The van der Waals surface area contributed by atoms with E-state index in [0.29, 0.717) is 17.8 Å². The van der Waals surface area contributed by atoms with Gasteiger partial charge in [0, 0.05) is 17.5 Å². The summed E-state index contributed by atoms with van der Waals surface area (Å²) in [6.45, 7) is 2.04. The molecule has 6 heteroatoms. The molecule has 0 bridgehead atoms. The maximum Gasteiger partial charge on any atom is 0.152 e. The van der Waals surface area contributed by atoms with Crippen LogP contribution in [0.5, 0.6) is 0 Å². The second kappa shape index (κ2) is 4.75. The Morgan fingerprint density at radius 1 is 1.24 bits per heavy atom. The van der Waals surface area contributed by atoms with E-state index in [1.165, 1.54) is 11.3 Å². The lowest BCUT2D eigenvalue weighted by Gasteiger charge is -2.07. The number of hydrogen-bond donors (Lipinski definition) is 1. The fourth-order valence-electron chi connectivity index (χ4n) is 1.38. The Labute approximate surface area is 100 Å². The van der Waals surface area contributed by atoms with E-state index in [9.17, 15) is 13.2 Å². The van der Waals surface area contributed by atoms with Crippen molar-refractivity contribution in [1.82, 2.24) is 4.98 Å². The molecule has 1 N–H and O–H groups in total. The van der Waals surface area contributed by atoms with E-state index in [0.717, 1.165) is 5.01 Å². The second-order valence-electron chi connectivity index (χ2n) is 3.46. The largest absolute Gasteiger partial charge is 0.375 e. The molecule has 0 aliphatic heterocycles. The van der Waals surface area contributed by atoms with Gasteiger partial charge in [-0.15, -0.1) is 11.3 Å². The van der Waals surface area contributed by atoms with Crippen molar-refractivity contribution in [3.8, 4) is 0 Å². The third-order valence-electron chi connectivity index (χ3n) is 2.12. The minimum Gasteiger partial charge on any atom is -0.375 e. The van der Waals surface area contributed by atoms with Crippen LogP contribution in [-0.4, -0.2) is 4.98 Å². The highest BCUT2D eigenvalue weighted by Gasteiger charge is 2.11. The third-order valence-corrected chi connectivity index (χ3v) is 2.94. The van der Waals surface area contributed by atoms with Gasteiger partial charge in [-0.3, -0.25) is 0 Å². The first-order chi connectivity index (χ1) is 8.06. The summed E-state index contributed by atoms with van der Waals surface area (Å²) < 4.78 is 39.2. The van der Waals surface area contributed by atoms with E-state index in [2.05, 4.69) is 10.3 Å². The van der Waals surface area contributed by atoms with Crippen LogP contribution in [0.15, 0.2) is 17.5 Å². The number of aromatic nitrogens is 1. The summed E-state index contributed by atoms with van der Waals surface area (Å²) in [4.78, 5) is 4.14. The van der Waals surface area contributed by atoms with Crippen LogP contribution < -0.4 is 5.32 Å². The number of halogens is 3. The maximum absolute atomic E-state index is 13.3. The van der Waals surface area contributed by atoms with E-state index in [1.807, 2.05) is 6.92 Å². The first-order valence-electron chi connectivity index (χ1n) is 4.85. The van der Waals surface area contributed by atoms with Gasteiger partial charge in [-0.25, -0.2) is 18.2 Å². The van der Waals surface area contributed by atoms with Gasteiger partial charge in [0.25, 0.3) is 0 Å². The Hall–Kier alpha value is -1.56. The van der Waals surface area contributed by atoms with Gasteiger partial charge in [-0.2, -0.15) is 0 Å². The lowest BCUT2D eigenvalue weighted by atomic mass is 10.2. The molecule has 2 rings (SSSR count). The number of benzene rings is 1. The molecule has 2 nitrogen and oxygen atoms in total. The van der Waals surface area contributed by atoms with Gasteiger partial charge in [0.05, 0.1) is 17.2 Å². The van der Waals surface area contributed by atoms with Crippen LogP contribution in [0.1, 0.15) is 10.7 Å². The molecule has 0 unspecified atom stereocenters. The van der Waals surface area contributed by atoms with Crippen molar-refractivity contribution in [3.63, 3.8) is 0 Å². The molecular formula is C11H9F3N2S. The Bertz CT molecular complexity index is 516. The molecule has 90 valence electrons. The first-order valence-corrected chi connectivity index (χ1v) is 5.73. The van der Waals surface area contributed by atoms with Crippen LogP contribution in [0.25, 0.3) is 0 Å². The molecule has 2 aromatic rings. The molecule has 1 aromatic carbocycles. The van der Waals surface area contributed by atoms with E-state index in [4.69, 9.17) is 0 Å². The quantitative estimate of drug-likeness (QED) is 0.911. The average Bonchev–Trinajstić information content (AvgIpc) is 2.62. The normalized spacial score (nSPS) is 10.6. The number of aryl methyl sites for hydroxylation is 1. The van der Waals surface area contributed by atoms with Crippen molar-refractivity contribution in [2.24, 2.45) is 0 Å². The summed E-state index contributed by atoms with van der Waals surface area (Å²) in [6.07, 6.45) is 0. The summed E-state index contributed by atoms with van der Waals surface area (Å²) in [7, 11) is 0. The van der Waals surface area contributed by atoms with Crippen molar-refractivity contribution in [2.75, 3.05) is 5.32 Å². The predicted molar refractivity (Wildman–Crippen MR) is 60.5 cm³/mol. The number of anilines is 1. The van der Waals surface area contributed by atoms with E-state index in [-0.39, 0.29) is 12.2 Å². The smallest absolute Gasteiger partial charge is 0.152 e. The molecule has 0 aliphatic carbocycles. The Morgan fingerprint density at radius 2 is 1.88 bits per heavy atom. The minimum absolute atomic E-state index is 0.198. The highest BCUT2D eigenvalue weighted by Crippen LogP contribution is 2.21. The van der Waals surface area contributed by atoms with Crippen molar-refractivity contribution in [3.05, 3.63) is 45.7 Å². The standard InChI is InChI=1S/C11H9F3N2S/c1-6-16-8(5-17-6)4-15-11-9(13)2-7(12)3-10(11)14/h2-3,5,15H,4H2,1H3. The Kier molecular flexibility index (Phi) is 3.33. The fourth-order valence-corrected chi connectivity index (χ4v) is 1.99. The van der Waals surface area contributed by atoms with Crippen molar-refractivity contribution >= 4 is 17.0 Å². The molecule has 0 atom stereocenters. The van der Waals surface area contributed by atoms with Gasteiger partial charge in [-0.05, 0) is 6.92 Å². The van der Waals surface area contributed by atoms with Gasteiger partial charge in [-0.1, -0.05) is 0 Å². The summed E-state index contributed by atoms with van der Waals surface area (Å²) >= 11 is 1.45. The average molecular weight is 258 g/mol. The van der Waals surface area contributed by atoms with Crippen LogP contribution in [0.4, 0.5) is 18.9 Å². The highest BCUT2D eigenvalue weighted by atomic mass is 32.1.